The first kappa shape index (κ1) is 30.3. The summed E-state index contributed by atoms with van der Waals surface area (Å²) in [6, 6.07) is 0. The van der Waals surface area contributed by atoms with Gasteiger partial charge in [-0.1, -0.05) is 135 Å². The van der Waals surface area contributed by atoms with Crippen molar-refractivity contribution in [2.45, 2.75) is 148 Å². The molecule has 0 amide bonds. The van der Waals surface area contributed by atoms with Gasteiger partial charge in [0.15, 0.2) is 0 Å². The topological polar surface area (TPSA) is 37.3 Å². The quantitative estimate of drug-likeness (QED) is 0.182. The molecule has 0 atom stereocenters. The monoisotopic (exact) mass is 408 g/mol. The number of carboxylic acid groups (broad SMARTS) is 1. The van der Waals surface area contributed by atoms with Crippen LogP contribution in [-0.4, -0.2) is 11.1 Å². The van der Waals surface area contributed by atoms with Gasteiger partial charge in [-0.15, -0.1) is 0 Å². The van der Waals surface area contributed by atoms with Crippen LogP contribution in [0.1, 0.15) is 150 Å². The van der Waals surface area contributed by atoms with Crippen LogP contribution in [0.15, 0.2) is 0 Å². The molecule has 0 fully saturated rings. The van der Waals surface area contributed by atoms with Crippen LogP contribution in [0.5, 0.6) is 0 Å². The van der Waals surface area contributed by atoms with Crippen molar-refractivity contribution in [3.63, 3.8) is 0 Å². The minimum Gasteiger partial charge on any atom is -1.00 e. The number of hydrogen-bond donors (Lipinski definition) is 1. The molecule has 0 aliphatic rings. The van der Waals surface area contributed by atoms with Gasteiger partial charge in [-0.3, -0.25) is 4.79 Å². The van der Waals surface area contributed by atoms with Crippen LogP contribution in [0.4, 0.5) is 0 Å². The summed E-state index contributed by atoms with van der Waals surface area (Å²) in [7, 11) is 0. The molecule has 0 heterocycles. The van der Waals surface area contributed by atoms with Gasteiger partial charge >= 0.3 is 57.4 Å². The number of aliphatic carboxylic acids is 1. The molecule has 0 radical (unpaired) electrons. The van der Waals surface area contributed by atoms with Crippen molar-refractivity contribution in [3.8, 4) is 0 Å². The van der Waals surface area contributed by atoms with Crippen LogP contribution in [0.2, 0.25) is 0 Å². The summed E-state index contributed by atoms with van der Waals surface area (Å²) in [4.78, 5) is 10.4. The van der Waals surface area contributed by atoms with E-state index in [1.807, 2.05) is 0 Å². The van der Waals surface area contributed by atoms with E-state index in [-0.39, 0.29) is 52.8 Å². The summed E-state index contributed by atoms with van der Waals surface area (Å²) in [6.07, 6.45) is 29.1. The Morgan fingerprint density at radius 2 is 0.741 bits per heavy atom. The van der Waals surface area contributed by atoms with Crippen LogP contribution < -0.4 is 51.4 Å². The average molecular weight is 409 g/mol. The van der Waals surface area contributed by atoms with Crippen molar-refractivity contribution in [2.75, 3.05) is 0 Å². The Balaban J connectivity index is -0.00000312. The molecule has 0 bridgehead atoms. The molecule has 27 heavy (non-hydrogen) atoms. The van der Waals surface area contributed by atoms with E-state index < -0.39 is 5.97 Å². The third-order valence-corrected chi connectivity index (χ3v) is 5.49. The van der Waals surface area contributed by atoms with Crippen LogP contribution in [0.25, 0.3) is 0 Å². The Bertz CT molecular complexity index is 288. The first-order valence-electron chi connectivity index (χ1n) is 12.0. The summed E-state index contributed by atoms with van der Waals surface area (Å²) < 4.78 is 0. The van der Waals surface area contributed by atoms with Crippen molar-refractivity contribution < 1.29 is 62.7 Å². The van der Waals surface area contributed by atoms with E-state index in [1.165, 1.54) is 122 Å². The average Bonchev–Trinajstić information content (AvgIpc) is 2.62. The zero-order valence-corrected chi connectivity index (χ0v) is 22.0. The van der Waals surface area contributed by atoms with Gasteiger partial charge in [0.05, 0.1) is 0 Å². The smallest absolute Gasteiger partial charge is 1.00 e. The van der Waals surface area contributed by atoms with Crippen molar-refractivity contribution in [1.82, 2.24) is 0 Å². The molecular weight excluding hydrogens is 359 g/mol. The minimum atomic E-state index is -0.650. The summed E-state index contributed by atoms with van der Waals surface area (Å²) in [5, 5.41) is 8.57. The second kappa shape index (κ2) is 27.1. The van der Waals surface area contributed by atoms with Crippen molar-refractivity contribution in [1.29, 1.82) is 0 Å². The number of carboxylic acids is 1. The van der Waals surface area contributed by atoms with Gasteiger partial charge < -0.3 is 6.53 Å². The van der Waals surface area contributed by atoms with E-state index in [1.54, 1.807) is 0 Å². The van der Waals surface area contributed by atoms with Gasteiger partial charge in [0.2, 0.25) is 0 Å². The van der Waals surface area contributed by atoms with Crippen LogP contribution in [0, 0.1) is 0 Å². The zero-order valence-electron chi connectivity index (χ0n) is 19.9. The standard InChI is InChI=1S/C24H48O2.K.H/c1-2-3-4-5-6-7-8-9-10-11-12-13-14-15-16-17-18-19-20-21-22-23-24(25)26;;/h2-23H2,1H3,(H,25,26);;/q;+1;-1. The van der Waals surface area contributed by atoms with Crippen LogP contribution >= 0.6 is 0 Å². The fraction of sp³-hybridized carbons (Fsp3) is 0.958. The fourth-order valence-corrected chi connectivity index (χ4v) is 3.71. The van der Waals surface area contributed by atoms with Crippen LogP contribution in [0.3, 0.4) is 0 Å². The van der Waals surface area contributed by atoms with Crippen molar-refractivity contribution >= 4 is 5.97 Å². The molecule has 1 N–H and O–H groups in total. The summed E-state index contributed by atoms with van der Waals surface area (Å²) in [5.74, 6) is -0.650. The molecule has 0 rings (SSSR count). The molecule has 0 aliphatic carbocycles. The summed E-state index contributed by atoms with van der Waals surface area (Å²) in [6.45, 7) is 2.29. The molecule has 3 heteroatoms. The molecule has 2 nitrogen and oxygen atoms in total. The van der Waals surface area contributed by atoms with Gasteiger partial charge in [0.1, 0.15) is 0 Å². The third kappa shape index (κ3) is 29.4. The molecule has 0 saturated heterocycles. The molecule has 0 aromatic heterocycles. The minimum absolute atomic E-state index is 0. The number of rotatable bonds is 22. The molecule has 0 aliphatic heterocycles. The largest absolute Gasteiger partial charge is 1.00 e. The molecule has 0 aromatic carbocycles. The Labute approximate surface area is 214 Å². The van der Waals surface area contributed by atoms with Gasteiger partial charge in [0.25, 0.3) is 0 Å². The molecule has 0 aromatic rings. The summed E-state index contributed by atoms with van der Waals surface area (Å²) >= 11 is 0. The van der Waals surface area contributed by atoms with E-state index in [4.69, 9.17) is 5.11 Å². The van der Waals surface area contributed by atoms with Crippen molar-refractivity contribution in [2.24, 2.45) is 0 Å². The predicted molar refractivity (Wildman–Crippen MR) is 116 cm³/mol. The second-order valence-corrected chi connectivity index (χ2v) is 8.21. The Morgan fingerprint density at radius 3 is 0.963 bits per heavy atom. The van der Waals surface area contributed by atoms with Gasteiger partial charge in [-0.05, 0) is 6.42 Å². The van der Waals surface area contributed by atoms with E-state index in [9.17, 15) is 4.79 Å². The fourth-order valence-electron chi connectivity index (χ4n) is 3.71. The number of unbranched alkanes of at least 4 members (excludes halogenated alkanes) is 20. The first-order valence-corrected chi connectivity index (χ1v) is 12.0. The van der Waals surface area contributed by atoms with E-state index in [0.717, 1.165) is 12.8 Å². The Morgan fingerprint density at radius 1 is 0.519 bits per heavy atom. The molecule has 158 valence electrons. The molecule has 0 spiro atoms. The predicted octanol–water partition coefficient (Wildman–Crippen LogP) is 5.79. The normalized spacial score (nSPS) is 10.7. The molecule has 0 unspecified atom stereocenters. The van der Waals surface area contributed by atoms with Crippen LogP contribution in [-0.2, 0) is 4.79 Å². The maximum absolute atomic E-state index is 10.4. The van der Waals surface area contributed by atoms with Gasteiger partial charge in [0, 0.05) is 6.42 Å². The van der Waals surface area contributed by atoms with Gasteiger partial charge in [-0.2, -0.15) is 0 Å². The second-order valence-electron chi connectivity index (χ2n) is 8.21. The molecular formula is C24H49KO2. The number of carbonyl (C=O) groups is 1. The third-order valence-electron chi connectivity index (χ3n) is 5.49. The molecule has 0 saturated carbocycles. The maximum Gasteiger partial charge on any atom is 1.00 e. The first-order chi connectivity index (χ1) is 12.8. The Kier molecular flexibility index (Phi) is 30.4. The van der Waals surface area contributed by atoms with E-state index in [0.29, 0.717) is 6.42 Å². The Hall–Kier alpha value is 1.11. The van der Waals surface area contributed by atoms with Gasteiger partial charge in [-0.25, -0.2) is 0 Å². The van der Waals surface area contributed by atoms with Crippen molar-refractivity contribution in [3.05, 3.63) is 0 Å². The van der Waals surface area contributed by atoms with E-state index >= 15 is 0 Å². The van der Waals surface area contributed by atoms with E-state index in [2.05, 4.69) is 6.92 Å². The SMILES string of the molecule is CCCCCCCCCCCCCCCCCCCCCCCC(=O)O.[H-].[K+]. The maximum atomic E-state index is 10.4. The summed E-state index contributed by atoms with van der Waals surface area (Å²) in [5.41, 5.74) is 0. The zero-order chi connectivity index (χ0) is 19.1. The number of hydrogen-bond acceptors (Lipinski definition) is 1.